The van der Waals surface area contributed by atoms with Crippen molar-refractivity contribution < 1.29 is 19.4 Å². The van der Waals surface area contributed by atoms with Crippen molar-refractivity contribution in [1.29, 1.82) is 0 Å². The number of ether oxygens (including phenoxy) is 2. The molecule has 1 aromatic carbocycles. The van der Waals surface area contributed by atoms with E-state index in [0.717, 1.165) is 5.56 Å². The maximum atomic E-state index is 11.3. The molecule has 1 aliphatic heterocycles. The van der Waals surface area contributed by atoms with Gasteiger partial charge < -0.3 is 24.5 Å². The molecule has 4 rings (SSSR count). The molecule has 0 unspecified atom stereocenters. The Morgan fingerprint density at radius 2 is 2.00 bits per heavy atom. The van der Waals surface area contributed by atoms with Crippen molar-refractivity contribution in [2.24, 2.45) is 0 Å². The van der Waals surface area contributed by atoms with E-state index in [9.17, 15) is 9.90 Å². The molecule has 0 radical (unpaired) electrons. The molecule has 2 N–H and O–H groups in total. The average Bonchev–Trinajstić information content (AvgIpc) is 3.25. The van der Waals surface area contributed by atoms with Gasteiger partial charge in [-0.2, -0.15) is 0 Å². The van der Waals surface area contributed by atoms with Crippen LogP contribution in [0.15, 0.2) is 24.3 Å². The molecule has 0 atom stereocenters. The molecule has 134 valence electrons. The zero-order chi connectivity index (χ0) is 18.4. The molecule has 0 amide bonds. The van der Waals surface area contributed by atoms with Crippen LogP contribution >= 0.6 is 0 Å². The summed E-state index contributed by atoms with van der Waals surface area (Å²) in [6.07, 6.45) is 0. The van der Waals surface area contributed by atoms with Gasteiger partial charge in [0.25, 0.3) is 0 Å². The number of nitrogens with one attached hydrogen (secondary N) is 1. The molecule has 0 spiro atoms. The third-order valence-corrected chi connectivity index (χ3v) is 4.42. The summed E-state index contributed by atoms with van der Waals surface area (Å²) in [4.78, 5) is 25.4. The number of fused-ring (bicyclic) bond motifs is 2. The number of benzene rings is 1. The summed E-state index contributed by atoms with van der Waals surface area (Å²) in [7, 11) is 1.93. The van der Waals surface area contributed by atoms with Crippen LogP contribution in [-0.2, 0) is 0 Å². The minimum absolute atomic E-state index is 0.0565. The van der Waals surface area contributed by atoms with Crippen LogP contribution in [0, 0.1) is 0 Å². The number of aromatic amines is 1. The van der Waals surface area contributed by atoms with Gasteiger partial charge in [-0.05, 0) is 38.1 Å². The lowest BCUT2D eigenvalue weighted by Crippen LogP contribution is -2.27. The van der Waals surface area contributed by atoms with E-state index in [1.807, 2.05) is 44.0 Å². The van der Waals surface area contributed by atoms with Gasteiger partial charge >= 0.3 is 5.97 Å². The monoisotopic (exact) mass is 354 g/mol. The molecular weight excluding hydrogens is 336 g/mol. The van der Waals surface area contributed by atoms with Crippen molar-refractivity contribution in [2.45, 2.75) is 19.9 Å². The summed E-state index contributed by atoms with van der Waals surface area (Å²) in [6.45, 7) is 4.29. The number of hydrogen-bond donors (Lipinski definition) is 2. The topological polar surface area (TPSA) is 101 Å². The van der Waals surface area contributed by atoms with E-state index in [-0.39, 0.29) is 18.5 Å². The number of H-pyrrole nitrogens is 1. The highest BCUT2D eigenvalue weighted by Crippen LogP contribution is 2.38. The molecule has 0 aliphatic carbocycles. The van der Waals surface area contributed by atoms with Crippen LogP contribution in [0.5, 0.6) is 11.5 Å². The zero-order valence-corrected chi connectivity index (χ0v) is 14.6. The standard InChI is InChI=1S/C18H18N4O4/c1-9(2)22(3)17-15(10-4-5-13-14(6-10)26-8-25-13)19-11-7-12(18(23)24)20-16(11)21-17/h4-7,9H,8H2,1-3H3,(H,20,21)(H,23,24). The van der Waals surface area contributed by atoms with Crippen LogP contribution in [-0.4, -0.2) is 45.9 Å². The number of rotatable bonds is 4. The predicted octanol–water partition coefficient (Wildman–Crippen LogP) is 2.90. The smallest absolute Gasteiger partial charge is 0.352 e. The lowest BCUT2D eigenvalue weighted by molar-refractivity contribution is 0.0691. The summed E-state index contributed by atoms with van der Waals surface area (Å²) in [5.41, 5.74) is 2.47. The maximum Gasteiger partial charge on any atom is 0.352 e. The molecule has 0 bridgehead atoms. The van der Waals surface area contributed by atoms with Crippen LogP contribution in [0.3, 0.4) is 0 Å². The van der Waals surface area contributed by atoms with Crippen molar-refractivity contribution >= 4 is 23.0 Å². The number of nitrogens with zero attached hydrogens (tertiary/aromatic N) is 3. The second-order valence-corrected chi connectivity index (χ2v) is 6.39. The van der Waals surface area contributed by atoms with Crippen LogP contribution in [0.4, 0.5) is 5.82 Å². The number of carboxylic acid groups (broad SMARTS) is 1. The summed E-state index contributed by atoms with van der Waals surface area (Å²) in [5, 5.41) is 9.22. The lowest BCUT2D eigenvalue weighted by Gasteiger charge is -2.24. The van der Waals surface area contributed by atoms with Crippen molar-refractivity contribution in [3.8, 4) is 22.8 Å². The van der Waals surface area contributed by atoms with Gasteiger partial charge in [0.15, 0.2) is 23.0 Å². The first-order chi connectivity index (χ1) is 12.4. The van der Waals surface area contributed by atoms with E-state index in [1.54, 1.807) is 0 Å². The van der Waals surface area contributed by atoms with Gasteiger partial charge in [-0.25, -0.2) is 14.8 Å². The Labute approximate surface area is 149 Å². The Bertz CT molecular complexity index is 1010. The highest BCUT2D eigenvalue weighted by molar-refractivity contribution is 5.92. The van der Waals surface area contributed by atoms with E-state index < -0.39 is 5.97 Å². The molecule has 3 heterocycles. The Kier molecular flexibility index (Phi) is 3.68. The average molecular weight is 354 g/mol. The SMILES string of the molecule is CC(C)N(C)c1nc2[nH]c(C(=O)O)cc2nc1-c1ccc2c(c1)OCO2. The number of aromatic carboxylic acids is 1. The summed E-state index contributed by atoms with van der Waals surface area (Å²) < 4.78 is 10.8. The maximum absolute atomic E-state index is 11.3. The van der Waals surface area contributed by atoms with Crippen LogP contribution in [0.2, 0.25) is 0 Å². The first kappa shape index (κ1) is 16.2. The fraction of sp³-hybridized carbons (Fsp3) is 0.278. The van der Waals surface area contributed by atoms with Crippen molar-refractivity contribution in [1.82, 2.24) is 15.0 Å². The van der Waals surface area contributed by atoms with Gasteiger partial charge in [0.1, 0.15) is 16.9 Å². The highest BCUT2D eigenvalue weighted by Gasteiger charge is 2.21. The predicted molar refractivity (Wildman–Crippen MR) is 95.9 cm³/mol. The molecule has 8 heteroatoms. The number of anilines is 1. The van der Waals surface area contributed by atoms with Crippen LogP contribution in [0.25, 0.3) is 22.4 Å². The van der Waals surface area contributed by atoms with Gasteiger partial charge in [-0.15, -0.1) is 0 Å². The Morgan fingerprint density at radius 1 is 1.23 bits per heavy atom. The Morgan fingerprint density at radius 3 is 2.73 bits per heavy atom. The fourth-order valence-corrected chi connectivity index (χ4v) is 2.78. The Balaban J connectivity index is 1.93. The van der Waals surface area contributed by atoms with Crippen molar-refractivity contribution in [3.05, 3.63) is 30.0 Å². The van der Waals surface area contributed by atoms with E-state index >= 15 is 0 Å². The van der Waals surface area contributed by atoms with Gasteiger partial charge in [0.2, 0.25) is 6.79 Å². The van der Waals surface area contributed by atoms with E-state index in [1.165, 1.54) is 6.07 Å². The molecular formula is C18H18N4O4. The van der Waals surface area contributed by atoms with E-state index in [4.69, 9.17) is 9.47 Å². The summed E-state index contributed by atoms with van der Waals surface area (Å²) in [6, 6.07) is 7.26. The molecule has 8 nitrogen and oxygen atoms in total. The summed E-state index contributed by atoms with van der Waals surface area (Å²) in [5.74, 6) is 0.956. The van der Waals surface area contributed by atoms with E-state index in [2.05, 4.69) is 15.0 Å². The lowest BCUT2D eigenvalue weighted by atomic mass is 10.1. The fourth-order valence-electron chi connectivity index (χ4n) is 2.78. The van der Waals surface area contributed by atoms with Crippen LogP contribution in [0.1, 0.15) is 24.3 Å². The van der Waals surface area contributed by atoms with Gasteiger partial charge in [0.05, 0.1) is 0 Å². The van der Waals surface area contributed by atoms with E-state index in [0.29, 0.717) is 34.2 Å². The third kappa shape index (κ3) is 2.59. The third-order valence-electron chi connectivity index (χ3n) is 4.42. The number of hydrogen-bond acceptors (Lipinski definition) is 6. The molecule has 2 aromatic heterocycles. The zero-order valence-electron chi connectivity index (χ0n) is 14.6. The van der Waals surface area contributed by atoms with Crippen molar-refractivity contribution in [3.63, 3.8) is 0 Å². The van der Waals surface area contributed by atoms with Gasteiger partial charge in [-0.3, -0.25) is 0 Å². The largest absolute Gasteiger partial charge is 0.477 e. The minimum Gasteiger partial charge on any atom is -0.477 e. The molecule has 26 heavy (non-hydrogen) atoms. The van der Waals surface area contributed by atoms with Crippen molar-refractivity contribution in [2.75, 3.05) is 18.7 Å². The number of aromatic nitrogens is 3. The molecule has 1 aliphatic rings. The van der Waals surface area contributed by atoms with Gasteiger partial charge in [0, 0.05) is 18.7 Å². The summed E-state index contributed by atoms with van der Waals surface area (Å²) >= 11 is 0. The molecule has 3 aromatic rings. The first-order valence-electron chi connectivity index (χ1n) is 8.21. The number of carbonyl (C=O) groups is 1. The normalized spacial score (nSPS) is 12.8. The van der Waals surface area contributed by atoms with Gasteiger partial charge in [-0.1, -0.05) is 0 Å². The first-order valence-corrected chi connectivity index (χ1v) is 8.21. The molecule has 0 fully saturated rings. The van der Waals surface area contributed by atoms with Crippen LogP contribution < -0.4 is 14.4 Å². The number of carboxylic acids is 1. The second-order valence-electron chi connectivity index (χ2n) is 6.39. The minimum atomic E-state index is -1.05. The molecule has 0 saturated heterocycles. The Hall–Kier alpha value is -3.29. The quantitative estimate of drug-likeness (QED) is 0.743. The highest BCUT2D eigenvalue weighted by atomic mass is 16.7. The second kappa shape index (κ2) is 5.91. The molecule has 0 saturated carbocycles.